The van der Waals surface area contributed by atoms with E-state index in [2.05, 4.69) is 47.1 Å². The molecule has 1 saturated heterocycles. The van der Waals surface area contributed by atoms with Gasteiger partial charge >= 0.3 is 0 Å². The fourth-order valence-electron chi connectivity index (χ4n) is 3.81. The maximum absolute atomic E-state index is 12.5. The van der Waals surface area contributed by atoms with Crippen molar-refractivity contribution in [2.75, 3.05) is 18.8 Å². The fraction of sp³-hybridized carbons (Fsp3) is 0.435. The molecule has 1 fully saturated rings. The van der Waals surface area contributed by atoms with Gasteiger partial charge in [-0.2, -0.15) is 0 Å². The molecule has 0 unspecified atom stereocenters. The second kappa shape index (κ2) is 9.90. The van der Waals surface area contributed by atoms with Crippen LogP contribution in [0.5, 0.6) is 0 Å². The van der Waals surface area contributed by atoms with Crippen molar-refractivity contribution in [3.63, 3.8) is 0 Å². The highest BCUT2D eigenvalue weighted by molar-refractivity contribution is 9.10. The van der Waals surface area contributed by atoms with Crippen molar-refractivity contribution in [1.29, 1.82) is 0 Å². The van der Waals surface area contributed by atoms with Crippen molar-refractivity contribution in [2.45, 2.75) is 38.4 Å². The number of halogens is 1. The molecule has 2 aromatic rings. The Morgan fingerprint density at radius 2 is 1.76 bits per heavy atom. The summed E-state index contributed by atoms with van der Waals surface area (Å²) in [5.41, 5.74) is 3.32. The van der Waals surface area contributed by atoms with Gasteiger partial charge in [-0.05, 0) is 61.8 Å². The van der Waals surface area contributed by atoms with E-state index in [1.807, 2.05) is 6.07 Å². The molecule has 0 saturated carbocycles. The molecule has 6 heteroatoms. The second-order valence-corrected chi connectivity index (χ2v) is 11.0. The Bertz CT molecular complexity index is 933. The summed E-state index contributed by atoms with van der Waals surface area (Å²) in [4.78, 5) is 14.2. The summed E-state index contributed by atoms with van der Waals surface area (Å²) in [6.45, 7) is 3.41. The molecule has 1 heterocycles. The average molecular weight is 478 g/mol. The van der Waals surface area contributed by atoms with Crippen LogP contribution < -0.4 is 0 Å². The van der Waals surface area contributed by atoms with E-state index >= 15 is 0 Å². The number of amides is 1. The molecule has 0 atom stereocenters. The lowest BCUT2D eigenvalue weighted by Crippen LogP contribution is -2.41. The third-order valence-electron chi connectivity index (χ3n) is 5.55. The molecule has 4 nitrogen and oxygen atoms in total. The third-order valence-corrected chi connectivity index (χ3v) is 7.50. The van der Waals surface area contributed by atoms with Gasteiger partial charge in [0.25, 0.3) is 0 Å². The van der Waals surface area contributed by atoms with E-state index in [9.17, 15) is 13.2 Å². The summed E-state index contributed by atoms with van der Waals surface area (Å²) in [5, 5.41) is 0. The van der Waals surface area contributed by atoms with Gasteiger partial charge in [-0.25, -0.2) is 8.42 Å². The first-order chi connectivity index (χ1) is 13.8. The molecular weight excluding hydrogens is 450 g/mol. The molecule has 1 amide bonds. The zero-order valence-electron chi connectivity index (χ0n) is 16.8. The summed E-state index contributed by atoms with van der Waals surface area (Å²) in [6, 6.07) is 15.9. The highest BCUT2D eigenvalue weighted by atomic mass is 79.9. The number of nitrogens with zero attached hydrogens (tertiary/aromatic N) is 1. The van der Waals surface area contributed by atoms with Crippen LogP contribution in [-0.4, -0.2) is 38.1 Å². The van der Waals surface area contributed by atoms with Crippen molar-refractivity contribution >= 4 is 31.7 Å². The molecule has 1 aliphatic rings. The second-order valence-electron chi connectivity index (χ2n) is 8.01. The van der Waals surface area contributed by atoms with Crippen LogP contribution in [0.1, 0.15) is 36.0 Å². The van der Waals surface area contributed by atoms with Gasteiger partial charge in [0.05, 0.1) is 5.75 Å². The molecule has 29 heavy (non-hydrogen) atoms. The minimum atomic E-state index is -3.48. The standard InChI is InChI=1S/C23H28BrNO3S/c1-18-5-7-19(8-6-18)9-10-20-11-13-25(14-12-20)23(26)17-29(27,28)16-21-3-2-4-22(24)15-21/h2-8,15,20H,9-14,16-17H2,1H3. The van der Waals surface area contributed by atoms with Crippen LogP contribution in [0.25, 0.3) is 0 Å². The molecule has 3 rings (SSSR count). The predicted molar refractivity (Wildman–Crippen MR) is 120 cm³/mol. The normalized spacial score (nSPS) is 15.4. The molecule has 0 spiro atoms. The summed E-state index contributed by atoms with van der Waals surface area (Å²) in [6.07, 6.45) is 4.07. The first kappa shape index (κ1) is 22.0. The van der Waals surface area contributed by atoms with E-state index in [-0.39, 0.29) is 11.7 Å². The highest BCUT2D eigenvalue weighted by Gasteiger charge is 2.26. The van der Waals surface area contributed by atoms with Gasteiger partial charge in [-0.3, -0.25) is 4.79 Å². The smallest absolute Gasteiger partial charge is 0.237 e. The Hall–Kier alpha value is -1.66. The van der Waals surface area contributed by atoms with Gasteiger partial charge in [0.1, 0.15) is 5.75 Å². The molecule has 0 bridgehead atoms. The largest absolute Gasteiger partial charge is 0.342 e. The maximum atomic E-state index is 12.5. The first-order valence-corrected chi connectivity index (χ1v) is 12.7. The topological polar surface area (TPSA) is 54.5 Å². The van der Waals surface area contributed by atoms with Crippen LogP contribution >= 0.6 is 15.9 Å². The van der Waals surface area contributed by atoms with Crippen molar-refractivity contribution in [3.8, 4) is 0 Å². The van der Waals surface area contributed by atoms with Crippen LogP contribution in [0.4, 0.5) is 0 Å². The van der Waals surface area contributed by atoms with Gasteiger partial charge in [0, 0.05) is 17.6 Å². The summed E-state index contributed by atoms with van der Waals surface area (Å²) in [5.74, 6) is -0.186. The number of likely N-dealkylation sites (tertiary alicyclic amines) is 1. The zero-order valence-corrected chi connectivity index (χ0v) is 19.2. The number of carbonyl (C=O) groups excluding carboxylic acids is 1. The van der Waals surface area contributed by atoms with Gasteiger partial charge in [-0.15, -0.1) is 0 Å². The summed E-state index contributed by atoms with van der Waals surface area (Å²) in [7, 11) is -3.48. The molecule has 0 aliphatic carbocycles. The maximum Gasteiger partial charge on any atom is 0.237 e. The van der Waals surface area contributed by atoms with Crippen LogP contribution in [0.15, 0.2) is 53.0 Å². The average Bonchev–Trinajstić information content (AvgIpc) is 2.67. The van der Waals surface area contributed by atoms with Gasteiger partial charge in [-0.1, -0.05) is 57.9 Å². The predicted octanol–water partition coefficient (Wildman–Crippen LogP) is 4.54. The Kier molecular flexibility index (Phi) is 7.52. The minimum Gasteiger partial charge on any atom is -0.342 e. The van der Waals surface area contributed by atoms with E-state index in [0.717, 1.165) is 30.2 Å². The number of hydrogen-bond donors (Lipinski definition) is 0. The van der Waals surface area contributed by atoms with Crippen molar-refractivity contribution in [1.82, 2.24) is 4.90 Å². The number of sulfone groups is 1. The zero-order chi connectivity index (χ0) is 20.9. The molecule has 156 valence electrons. The Morgan fingerprint density at radius 3 is 2.41 bits per heavy atom. The van der Waals surface area contributed by atoms with E-state index in [4.69, 9.17) is 0 Å². The Balaban J connectivity index is 1.45. The van der Waals surface area contributed by atoms with Crippen molar-refractivity contribution < 1.29 is 13.2 Å². The van der Waals surface area contributed by atoms with Crippen LogP contribution in [0.3, 0.4) is 0 Å². The van der Waals surface area contributed by atoms with E-state index < -0.39 is 15.6 Å². The number of benzene rings is 2. The number of rotatable bonds is 7. The molecule has 2 aromatic carbocycles. The Morgan fingerprint density at radius 1 is 1.07 bits per heavy atom. The quantitative estimate of drug-likeness (QED) is 0.587. The van der Waals surface area contributed by atoms with E-state index in [0.29, 0.717) is 24.6 Å². The number of piperidine rings is 1. The number of aryl methyl sites for hydroxylation is 2. The number of hydrogen-bond acceptors (Lipinski definition) is 3. The monoisotopic (exact) mass is 477 g/mol. The third kappa shape index (κ3) is 6.96. The molecule has 0 radical (unpaired) electrons. The lowest BCUT2D eigenvalue weighted by molar-refractivity contribution is -0.129. The minimum absolute atomic E-state index is 0.106. The molecular formula is C23H28BrNO3S. The van der Waals surface area contributed by atoms with Crippen LogP contribution in [-0.2, 0) is 26.8 Å². The van der Waals surface area contributed by atoms with E-state index in [1.54, 1.807) is 23.1 Å². The lowest BCUT2D eigenvalue weighted by Gasteiger charge is -2.32. The SMILES string of the molecule is Cc1ccc(CCC2CCN(C(=O)CS(=O)(=O)Cc3cccc(Br)c3)CC2)cc1. The van der Waals surface area contributed by atoms with Crippen molar-refractivity contribution in [3.05, 3.63) is 69.7 Å². The molecule has 0 N–H and O–H groups in total. The Labute approximate surface area is 182 Å². The van der Waals surface area contributed by atoms with E-state index in [1.165, 1.54) is 11.1 Å². The number of carbonyl (C=O) groups is 1. The highest BCUT2D eigenvalue weighted by Crippen LogP contribution is 2.23. The first-order valence-electron chi connectivity index (χ1n) is 10.1. The van der Waals surface area contributed by atoms with Gasteiger partial charge in [0.2, 0.25) is 5.91 Å². The van der Waals surface area contributed by atoms with Gasteiger partial charge in [0.15, 0.2) is 9.84 Å². The lowest BCUT2D eigenvalue weighted by atomic mass is 9.90. The van der Waals surface area contributed by atoms with Crippen molar-refractivity contribution in [2.24, 2.45) is 5.92 Å². The molecule has 1 aliphatic heterocycles. The van der Waals surface area contributed by atoms with Gasteiger partial charge < -0.3 is 4.90 Å². The van der Waals surface area contributed by atoms with Crippen LogP contribution in [0.2, 0.25) is 0 Å². The molecule has 0 aromatic heterocycles. The fourth-order valence-corrected chi connectivity index (χ4v) is 5.60. The summed E-state index contributed by atoms with van der Waals surface area (Å²) < 4.78 is 25.7. The summed E-state index contributed by atoms with van der Waals surface area (Å²) >= 11 is 3.35. The van der Waals surface area contributed by atoms with Crippen LogP contribution in [0, 0.1) is 12.8 Å².